The lowest BCUT2D eigenvalue weighted by Gasteiger charge is -2.00. The van der Waals surface area contributed by atoms with Crippen LogP contribution < -0.4 is 5.32 Å². The summed E-state index contributed by atoms with van der Waals surface area (Å²) in [7, 11) is 0. The van der Waals surface area contributed by atoms with E-state index >= 15 is 0 Å². The van der Waals surface area contributed by atoms with Gasteiger partial charge in [-0.15, -0.1) is 11.8 Å². The zero-order valence-corrected chi connectivity index (χ0v) is 11.7. The molecule has 1 aromatic carbocycles. The summed E-state index contributed by atoms with van der Waals surface area (Å²) in [6.45, 7) is 5.98. The minimum atomic E-state index is 0.811. The van der Waals surface area contributed by atoms with Crippen LogP contribution in [-0.4, -0.2) is 6.54 Å². The van der Waals surface area contributed by atoms with Gasteiger partial charge in [0.25, 0.3) is 0 Å². The Morgan fingerprint density at radius 1 is 1.06 bits per heavy atom. The molecule has 0 fully saturated rings. The third kappa shape index (κ3) is 3.93. The summed E-state index contributed by atoms with van der Waals surface area (Å²) < 4.78 is 5.75. The highest BCUT2D eigenvalue weighted by Crippen LogP contribution is 2.24. The smallest absolute Gasteiger partial charge is 0.117 e. The van der Waals surface area contributed by atoms with Gasteiger partial charge in [-0.1, -0.05) is 24.6 Å². The Labute approximate surface area is 113 Å². The average molecular weight is 261 g/mol. The second kappa shape index (κ2) is 6.66. The summed E-state index contributed by atoms with van der Waals surface area (Å²) in [5, 5.41) is 3.26. The van der Waals surface area contributed by atoms with E-state index in [1.165, 1.54) is 10.5 Å². The van der Waals surface area contributed by atoms with Crippen LogP contribution in [0, 0.1) is 6.92 Å². The fourth-order valence-corrected chi connectivity index (χ4v) is 2.42. The molecule has 2 nitrogen and oxygen atoms in total. The maximum absolute atomic E-state index is 5.75. The Bertz CT molecular complexity index is 475. The molecule has 0 atom stereocenters. The SMILES string of the molecule is CCNCc1ccc(CSc2ccc(C)cc2)o1. The molecule has 0 aliphatic carbocycles. The number of rotatable bonds is 6. The van der Waals surface area contributed by atoms with Gasteiger partial charge in [-0.25, -0.2) is 0 Å². The predicted octanol–water partition coefficient (Wildman–Crippen LogP) is 3.99. The van der Waals surface area contributed by atoms with Gasteiger partial charge in [0.2, 0.25) is 0 Å². The molecule has 0 spiro atoms. The zero-order chi connectivity index (χ0) is 12.8. The van der Waals surface area contributed by atoms with Gasteiger partial charge in [0.1, 0.15) is 11.5 Å². The number of hydrogen-bond donors (Lipinski definition) is 1. The summed E-state index contributed by atoms with van der Waals surface area (Å²) in [6, 6.07) is 12.7. The first-order valence-corrected chi connectivity index (χ1v) is 7.24. The number of thioether (sulfide) groups is 1. The summed E-state index contributed by atoms with van der Waals surface area (Å²) in [6.07, 6.45) is 0. The van der Waals surface area contributed by atoms with Gasteiger partial charge in [0, 0.05) is 4.90 Å². The normalized spacial score (nSPS) is 10.8. The topological polar surface area (TPSA) is 25.2 Å². The van der Waals surface area contributed by atoms with Crippen LogP contribution in [0.1, 0.15) is 24.0 Å². The van der Waals surface area contributed by atoms with Gasteiger partial charge in [-0.3, -0.25) is 0 Å². The minimum absolute atomic E-state index is 0.811. The molecule has 96 valence electrons. The first-order chi connectivity index (χ1) is 8.78. The highest BCUT2D eigenvalue weighted by molar-refractivity contribution is 7.98. The van der Waals surface area contributed by atoms with Crippen molar-refractivity contribution in [2.75, 3.05) is 6.54 Å². The summed E-state index contributed by atoms with van der Waals surface area (Å²) in [4.78, 5) is 1.28. The quantitative estimate of drug-likeness (QED) is 0.796. The van der Waals surface area contributed by atoms with E-state index in [-0.39, 0.29) is 0 Å². The Morgan fingerprint density at radius 3 is 2.50 bits per heavy atom. The van der Waals surface area contributed by atoms with Crippen molar-refractivity contribution in [3.8, 4) is 0 Å². The Balaban J connectivity index is 1.86. The Kier molecular flexibility index (Phi) is 4.90. The average Bonchev–Trinajstić information content (AvgIpc) is 2.84. The molecule has 0 amide bonds. The lowest BCUT2D eigenvalue weighted by Crippen LogP contribution is -2.10. The van der Waals surface area contributed by atoms with E-state index in [4.69, 9.17) is 4.42 Å². The number of furan rings is 1. The molecule has 0 radical (unpaired) electrons. The molecule has 0 bridgehead atoms. The van der Waals surface area contributed by atoms with Crippen LogP contribution in [-0.2, 0) is 12.3 Å². The first-order valence-electron chi connectivity index (χ1n) is 6.25. The number of benzene rings is 1. The zero-order valence-electron chi connectivity index (χ0n) is 10.9. The molecule has 0 aliphatic rings. The van der Waals surface area contributed by atoms with Crippen LogP contribution in [0.5, 0.6) is 0 Å². The molecule has 1 aromatic heterocycles. The van der Waals surface area contributed by atoms with Crippen molar-refractivity contribution in [1.82, 2.24) is 5.32 Å². The Morgan fingerprint density at radius 2 is 1.78 bits per heavy atom. The molecule has 1 N–H and O–H groups in total. The van der Waals surface area contributed by atoms with E-state index < -0.39 is 0 Å². The monoisotopic (exact) mass is 261 g/mol. The fraction of sp³-hybridized carbons (Fsp3) is 0.333. The summed E-state index contributed by atoms with van der Waals surface area (Å²) in [5.41, 5.74) is 1.30. The highest BCUT2D eigenvalue weighted by Gasteiger charge is 2.02. The van der Waals surface area contributed by atoms with Crippen molar-refractivity contribution in [3.05, 3.63) is 53.5 Å². The lowest BCUT2D eigenvalue weighted by molar-refractivity contribution is 0.463. The van der Waals surface area contributed by atoms with Crippen molar-refractivity contribution in [2.45, 2.75) is 31.0 Å². The minimum Gasteiger partial charge on any atom is -0.464 e. The summed E-state index contributed by atoms with van der Waals surface area (Å²) in [5.74, 6) is 2.93. The molecule has 0 aliphatic heterocycles. The van der Waals surface area contributed by atoms with Gasteiger partial charge in [0.05, 0.1) is 12.3 Å². The molecule has 2 aromatic rings. The van der Waals surface area contributed by atoms with Gasteiger partial charge in [0.15, 0.2) is 0 Å². The van der Waals surface area contributed by atoms with Crippen LogP contribution in [0.25, 0.3) is 0 Å². The molecular weight excluding hydrogens is 242 g/mol. The van der Waals surface area contributed by atoms with Crippen LogP contribution in [0.3, 0.4) is 0 Å². The van der Waals surface area contributed by atoms with E-state index in [2.05, 4.69) is 49.5 Å². The van der Waals surface area contributed by atoms with Crippen LogP contribution in [0.2, 0.25) is 0 Å². The molecule has 2 rings (SSSR count). The summed E-state index contributed by atoms with van der Waals surface area (Å²) >= 11 is 1.81. The third-order valence-corrected chi connectivity index (χ3v) is 3.70. The van der Waals surface area contributed by atoms with E-state index in [1.807, 2.05) is 6.07 Å². The van der Waals surface area contributed by atoms with Gasteiger partial charge < -0.3 is 9.73 Å². The van der Waals surface area contributed by atoms with Crippen molar-refractivity contribution in [2.24, 2.45) is 0 Å². The highest BCUT2D eigenvalue weighted by atomic mass is 32.2. The van der Waals surface area contributed by atoms with E-state index in [1.54, 1.807) is 11.8 Å². The second-order valence-electron chi connectivity index (χ2n) is 4.25. The standard InChI is InChI=1S/C15H19NOS/c1-3-16-10-13-6-7-14(17-13)11-18-15-8-4-12(2)5-9-15/h4-9,16H,3,10-11H2,1-2H3. The van der Waals surface area contributed by atoms with Crippen molar-refractivity contribution < 1.29 is 4.42 Å². The number of aryl methyl sites for hydroxylation is 1. The van der Waals surface area contributed by atoms with Crippen molar-refractivity contribution in [1.29, 1.82) is 0 Å². The first kappa shape index (κ1) is 13.2. The Hall–Kier alpha value is -1.19. The van der Waals surface area contributed by atoms with E-state index in [0.717, 1.165) is 30.4 Å². The van der Waals surface area contributed by atoms with Gasteiger partial charge in [-0.05, 0) is 37.7 Å². The largest absolute Gasteiger partial charge is 0.464 e. The molecule has 0 unspecified atom stereocenters. The molecular formula is C15H19NOS. The molecule has 1 heterocycles. The van der Waals surface area contributed by atoms with Crippen molar-refractivity contribution >= 4 is 11.8 Å². The van der Waals surface area contributed by atoms with Crippen LogP contribution >= 0.6 is 11.8 Å². The molecule has 3 heteroatoms. The molecule has 0 saturated heterocycles. The van der Waals surface area contributed by atoms with Crippen LogP contribution in [0.15, 0.2) is 45.7 Å². The maximum atomic E-state index is 5.75. The lowest BCUT2D eigenvalue weighted by atomic mass is 10.2. The fourth-order valence-electron chi connectivity index (χ4n) is 1.63. The number of hydrogen-bond acceptors (Lipinski definition) is 3. The van der Waals surface area contributed by atoms with Crippen LogP contribution in [0.4, 0.5) is 0 Å². The van der Waals surface area contributed by atoms with Gasteiger partial charge in [-0.2, -0.15) is 0 Å². The predicted molar refractivity (Wildman–Crippen MR) is 76.8 cm³/mol. The van der Waals surface area contributed by atoms with E-state index in [9.17, 15) is 0 Å². The molecule has 18 heavy (non-hydrogen) atoms. The van der Waals surface area contributed by atoms with Gasteiger partial charge >= 0.3 is 0 Å². The van der Waals surface area contributed by atoms with E-state index in [0.29, 0.717) is 0 Å². The maximum Gasteiger partial charge on any atom is 0.117 e. The third-order valence-electron chi connectivity index (χ3n) is 2.67. The number of nitrogens with one attached hydrogen (secondary N) is 1. The second-order valence-corrected chi connectivity index (χ2v) is 5.30. The molecule has 0 saturated carbocycles. The van der Waals surface area contributed by atoms with Crippen molar-refractivity contribution in [3.63, 3.8) is 0 Å².